The number of para-hydroxylation sites is 1. The minimum Gasteiger partial charge on any atom is -0.236 e. The van der Waals surface area contributed by atoms with Crippen molar-refractivity contribution in [2.75, 3.05) is 13.1 Å². The fourth-order valence-electron chi connectivity index (χ4n) is 2.97. The van der Waals surface area contributed by atoms with E-state index in [9.17, 15) is 8.42 Å². The first kappa shape index (κ1) is 19.7. The van der Waals surface area contributed by atoms with Gasteiger partial charge in [0.15, 0.2) is 0 Å². The molecule has 0 amide bonds. The molecule has 0 spiro atoms. The SMILES string of the molecule is CCCCN(CCCC)S(=O)(=O)c1c(C)nn(-c2ccccc2)c1C. The largest absolute Gasteiger partial charge is 0.246 e. The molecule has 0 aliphatic heterocycles. The van der Waals surface area contributed by atoms with Gasteiger partial charge in [-0.05, 0) is 38.8 Å². The van der Waals surface area contributed by atoms with Crippen molar-refractivity contribution in [3.8, 4) is 5.69 Å². The van der Waals surface area contributed by atoms with E-state index in [1.54, 1.807) is 15.9 Å². The minimum atomic E-state index is -3.54. The molecule has 0 radical (unpaired) electrons. The van der Waals surface area contributed by atoms with E-state index in [1.165, 1.54) is 0 Å². The minimum absolute atomic E-state index is 0.351. The molecule has 0 atom stereocenters. The summed E-state index contributed by atoms with van der Waals surface area (Å²) in [5, 5.41) is 4.50. The lowest BCUT2D eigenvalue weighted by molar-refractivity contribution is 0.395. The maximum absolute atomic E-state index is 13.3. The zero-order chi connectivity index (χ0) is 18.4. The highest BCUT2D eigenvalue weighted by atomic mass is 32.2. The highest BCUT2D eigenvalue weighted by Crippen LogP contribution is 2.26. The topological polar surface area (TPSA) is 55.2 Å². The summed E-state index contributed by atoms with van der Waals surface area (Å²) >= 11 is 0. The maximum Gasteiger partial charge on any atom is 0.246 e. The second kappa shape index (κ2) is 8.63. The predicted octanol–water partition coefficient (Wildman–Crippen LogP) is 4.08. The summed E-state index contributed by atoms with van der Waals surface area (Å²) < 4.78 is 30.0. The quantitative estimate of drug-likeness (QED) is 0.674. The molecule has 0 unspecified atom stereocenters. The third kappa shape index (κ3) is 4.30. The van der Waals surface area contributed by atoms with Gasteiger partial charge in [-0.15, -0.1) is 0 Å². The Morgan fingerprint density at radius 2 is 1.56 bits per heavy atom. The summed E-state index contributed by atoms with van der Waals surface area (Å²) in [4.78, 5) is 0.351. The first-order chi connectivity index (χ1) is 11.9. The van der Waals surface area contributed by atoms with Gasteiger partial charge in [0.05, 0.1) is 17.1 Å². The molecule has 0 aliphatic rings. The molecule has 1 heterocycles. The molecule has 5 nitrogen and oxygen atoms in total. The Labute approximate surface area is 151 Å². The second-order valence-corrected chi connectivity index (χ2v) is 8.23. The first-order valence-electron chi connectivity index (χ1n) is 9.05. The van der Waals surface area contributed by atoms with Gasteiger partial charge in [0, 0.05) is 13.1 Å². The van der Waals surface area contributed by atoms with Crippen molar-refractivity contribution in [2.24, 2.45) is 0 Å². The van der Waals surface area contributed by atoms with Crippen molar-refractivity contribution in [1.29, 1.82) is 0 Å². The fourth-order valence-corrected chi connectivity index (χ4v) is 4.84. The Morgan fingerprint density at radius 1 is 1.00 bits per heavy atom. The highest BCUT2D eigenvalue weighted by molar-refractivity contribution is 7.89. The Kier molecular flexibility index (Phi) is 6.79. The van der Waals surface area contributed by atoms with E-state index in [0.29, 0.717) is 29.4 Å². The van der Waals surface area contributed by atoms with Crippen molar-refractivity contribution in [3.05, 3.63) is 41.7 Å². The van der Waals surface area contributed by atoms with Gasteiger partial charge in [-0.2, -0.15) is 9.40 Å². The zero-order valence-electron chi connectivity index (χ0n) is 15.7. The number of rotatable bonds is 9. The number of sulfonamides is 1. The van der Waals surface area contributed by atoms with Gasteiger partial charge < -0.3 is 0 Å². The molecule has 2 aromatic rings. The van der Waals surface area contributed by atoms with Crippen LogP contribution in [-0.4, -0.2) is 35.6 Å². The number of benzene rings is 1. The molecule has 1 aromatic heterocycles. The number of hydrogen-bond donors (Lipinski definition) is 0. The van der Waals surface area contributed by atoms with Crippen LogP contribution in [0, 0.1) is 13.8 Å². The van der Waals surface area contributed by atoms with Crippen LogP contribution >= 0.6 is 0 Å². The lowest BCUT2D eigenvalue weighted by atomic mass is 10.3. The monoisotopic (exact) mass is 363 g/mol. The fraction of sp³-hybridized carbons (Fsp3) is 0.526. The van der Waals surface area contributed by atoms with Crippen LogP contribution in [0.25, 0.3) is 5.69 Å². The molecular formula is C19H29N3O2S. The van der Waals surface area contributed by atoms with E-state index >= 15 is 0 Å². The molecule has 2 rings (SSSR count). The van der Waals surface area contributed by atoms with Crippen molar-refractivity contribution < 1.29 is 8.42 Å². The Bertz CT molecular complexity index is 775. The average molecular weight is 364 g/mol. The smallest absolute Gasteiger partial charge is 0.236 e. The molecule has 0 bridgehead atoms. The maximum atomic E-state index is 13.3. The van der Waals surface area contributed by atoms with E-state index in [1.807, 2.05) is 37.3 Å². The zero-order valence-corrected chi connectivity index (χ0v) is 16.5. The Morgan fingerprint density at radius 3 is 2.08 bits per heavy atom. The van der Waals surface area contributed by atoms with E-state index in [0.717, 1.165) is 31.4 Å². The molecule has 25 heavy (non-hydrogen) atoms. The van der Waals surface area contributed by atoms with Gasteiger partial charge in [0.1, 0.15) is 4.90 Å². The number of aromatic nitrogens is 2. The van der Waals surface area contributed by atoms with Crippen LogP contribution in [0.15, 0.2) is 35.2 Å². The van der Waals surface area contributed by atoms with Crippen LogP contribution in [-0.2, 0) is 10.0 Å². The third-order valence-corrected chi connectivity index (χ3v) is 6.50. The second-order valence-electron chi connectivity index (χ2n) is 6.36. The van der Waals surface area contributed by atoms with Crippen LogP contribution < -0.4 is 0 Å². The number of unbranched alkanes of at least 4 members (excludes halogenated alkanes) is 2. The van der Waals surface area contributed by atoms with Crippen LogP contribution in [0.1, 0.15) is 50.9 Å². The first-order valence-corrected chi connectivity index (χ1v) is 10.5. The Balaban J connectivity index is 2.45. The molecule has 0 aliphatic carbocycles. The van der Waals surface area contributed by atoms with Gasteiger partial charge in [-0.25, -0.2) is 13.1 Å². The van der Waals surface area contributed by atoms with Crippen molar-refractivity contribution in [3.63, 3.8) is 0 Å². The van der Waals surface area contributed by atoms with E-state index in [4.69, 9.17) is 0 Å². The van der Waals surface area contributed by atoms with Gasteiger partial charge in [-0.3, -0.25) is 0 Å². The van der Waals surface area contributed by atoms with Gasteiger partial charge in [0.25, 0.3) is 0 Å². The summed E-state index contributed by atoms with van der Waals surface area (Å²) in [6.07, 6.45) is 3.68. The van der Waals surface area contributed by atoms with Gasteiger partial charge in [0.2, 0.25) is 10.0 Å². The average Bonchev–Trinajstić information content (AvgIpc) is 2.90. The normalized spacial score (nSPS) is 12.0. The lowest BCUT2D eigenvalue weighted by Crippen LogP contribution is -2.33. The van der Waals surface area contributed by atoms with E-state index in [2.05, 4.69) is 18.9 Å². The predicted molar refractivity (Wildman–Crippen MR) is 102 cm³/mol. The number of hydrogen-bond acceptors (Lipinski definition) is 3. The van der Waals surface area contributed by atoms with E-state index in [-0.39, 0.29) is 0 Å². The van der Waals surface area contributed by atoms with Gasteiger partial charge in [-0.1, -0.05) is 44.9 Å². The summed E-state index contributed by atoms with van der Waals surface area (Å²) in [5.41, 5.74) is 2.10. The molecule has 0 saturated carbocycles. The third-order valence-electron chi connectivity index (χ3n) is 4.35. The summed E-state index contributed by atoms with van der Waals surface area (Å²) in [6.45, 7) is 8.89. The van der Waals surface area contributed by atoms with Crippen molar-refractivity contribution in [2.45, 2.75) is 58.3 Å². The van der Waals surface area contributed by atoms with E-state index < -0.39 is 10.0 Å². The van der Waals surface area contributed by atoms with Crippen molar-refractivity contribution in [1.82, 2.24) is 14.1 Å². The lowest BCUT2D eigenvalue weighted by Gasteiger charge is -2.22. The highest BCUT2D eigenvalue weighted by Gasteiger charge is 2.30. The standard InChI is InChI=1S/C19H29N3O2S/c1-5-7-14-21(15-8-6-2)25(23,24)19-16(3)20-22(17(19)4)18-12-10-9-11-13-18/h9-13H,5-8,14-15H2,1-4H3. The van der Waals surface area contributed by atoms with Crippen LogP contribution in [0.5, 0.6) is 0 Å². The number of nitrogens with zero attached hydrogens (tertiary/aromatic N) is 3. The number of aryl methyl sites for hydroxylation is 1. The summed E-state index contributed by atoms with van der Waals surface area (Å²) in [6, 6.07) is 9.65. The molecule has 138 valence electrons. The molecule has 1 aromatic carbocycles. The summed E-state index contributed by atoms with van der Waals surface area (Å²) in [7, 11) is -3.54. The van der Waals surface area contributed by atoms with Crippen LogP contribution in [0.3, 0.4) is 0 Å². The molecule has 0 N–H and O–H groups in total. The van der Waals surface area contributed by atoms with Crippen LogP contribution in [0.4, 0.5) is 0 Å². The molecule has 6 heteroatoms. The summed E-state index contributed by atoms with van der Waals surface area (Å²) in [5.74, 6) is 0. The molecule has 0 saturated heterocycles. The Hall–Kier alpha value is -1.66. The molecular weight excluding hydrogens is 334 g/mol. The van der Waals surface area contributed by atoms with Crippen molar-refractivity contribution >= 4 is 10.0 Å². The van der Waals surface area contributed by atoms with Gasteiger partial charge >= 0.3 is 0 Å². The molecule has 0 fully saturated rings. The van der Waals surface area contributed by atoms with Crippen LogP contribution in [0.2, 0.25) is 0 Å².